The first-order valence-electron chi connectivity index (χ1n) is 1.24. The summed E-state index contributed by atoms with van der Waals surface area (Å²) in [6.07, 6.45) is 1.14. The minimum Gasteiger partial charge on any atom is -0.389 e. The fourth-order valence-corrected chi connectivity index (χ4v) is 0.367. The highest BCUT2D eigenvalue weighted by atomic mass is 32.2. The monoisotopic (exact) mass is 106 g/mol. The Balaban J connectivity index is 2.38. The highest BCUT2D eigenvalue weighted by molar-refractivity contribution is 7.92. The minimum atomic E-state index is 0.625. The second kappa shape index (κ2) is 1.36. The van der Waals surface area contributed by atoms with E-state index in [2.05, 4.69) is 9.28 Å². The normalized spacial score (nSPS) is 18.5. The van der Waals surface area contributed by atoms with Crippen molar-refractivity contribution in [3.05, 3.63) is 0 Å². The van der Waals surface area contributed by atoms with Gasteiger partial charge >= 0.3 is 0 Å². The van der Waals surface area contributed by atoms with E-state index in [0.717, 1.165) is 18.6 Å². The molecule has 0 bridgehead atoms. The number of rotatable bonds is 0. The van der Waals surface area contributed by atoms with Crippen molar-refractivity contribution >= 4 is 18.6 Å². The molecule has 0 radical (unpaired) electrons. The second-order valence-electron chi connectivity index (χ2n) is 0.644. The van der Waals surface area contributed by atoms with Gasteiger partial charge in [0.05, 0.1) is 0 Å². The van der Waals surface area contributed by atoms with Gasteiger partial charge in [-0.1, -0.05) is 4.58 Å². The zero-order chi connectivity index (χ0) is 4.41. The summed E-state index contributed by atoms with van der Waals surface area (Å²) in [4.78, 5) is 0. The summed E-state index contributed by atoms with van der Waals surface area (Å²) in [5.74, 6) is 0. The third kappa shape index (κ3) is 0.550. The van der Waals surface area contributed by atoms with E-state index in [-0.39, 0.29) is 0 Å². The van der Waals surface area contributed by atoms with Crippen molar-refractivity contribution in [1.82, 2.24) is 4.58 Å². The molecule has 0 aromatic carbocycles. The van der Waals surface area contributed by atoms with E-state index < -0.39 is 0 Å². The number of hydrogen-bond donors (Lipinski definition) is 1. The summed E-state index contributed by atoms with van der Waals surface area (Å²) in [5.41, 5.74) is 0. The molecule has 1 aliphatic heterocycles. The Morgan fingerprint density at radius 1 is 2.00 bits per heavy atom. The first-order valence-corrected chi connectivity index (χ1v) is 1.94. The minimum absolute atomic E-state index is 0.625. The van der Waals surface area contributed by atoms with Gasteiger partial charge in [0.15, 0.2) is 0 Å². The van der Waals surface area contributed by atoms with Crippen molar-refractivity contribution in [2.45, 2.75) is 0 Å². The van der Waals surface area contributed by atoms with Gasteiger partial charge in [-0.15, -0.1) is 5.10 Å². The van der Waals surface area contributed by atoms with Crippen molar-refractivity contribution in [3.63, 3.8) is 0 Å². The van der Waals surface area contributed by atoms with Gasteiger partial charge in [-0.2, -0.15) is 0 Å². The fraction of sp³-hybridized carbons (Fsp3) is 0. The van der Waals surface area contributed by atoms with E-state index >= 15 is 0 Å². The quantitative estimate of drug-likeness (QED) is 0.354. The van der Waals surface area contributed by atoms with Crippen molar-refractivity contribution in [1.29, 1.82) is 0 Å². The maximum atomic E-state index is 8.20. The van der Waals surface area contributed by atoms with Crippen LogP contribution >= 0.6 is 12.2 Å². The molecular weight excluding hydrogens is 104 g/mol. The third-order valence-electron chi connectivity index (χ3n) is 0.299. The molecule has 1 heterocycles. The molecule has 0 aromatic rings. The summed E-state index contributed by atoms with van der Waals surface area (Å²) in [5, 5.41) is 11.4. The largest absolute Gasteiger partial charge is 0.389 e. The number of hydrogen-bond acceptors (Lipinski definition) is 5. The highest BCUT2D eigenvalue weighted by Gasteiger charge is 2.00. The molecule has 1 aliphatic rings. The van der Waals surface area contributed by atoms with E-state index in [9.17, 15) is 0 Å². The molecule has 1 rings (SSSR count). The van der Waals surface area contributed by atoms with E-state index in [4.69, 9.17) is 5.21 Å². The first-order chi connectivity index (χ1) is 2.89. The molecule has 6 heavy (non-hydrogen) atoms. The molecule has 4 nitrogen and oxygen atoms in total. The summed E-state index contributed by atoms with van der Waals surface area (Å²) >= 11 is 0.764. The second-order valence-corrected chi connectivity index (χ2v) is 1.31. The molecular formula is CH2N2O2S. The zero-order valence-corrected chi connectivity index (χ0v) is 3.55. The lowest BCUT2D eigenvalue weighted by Gasteiger charge is -1.91. The van der Waals surface area contributed by atoms with Crippen LogP contribution in [0.1, 0.15) is 0 Å². The average molecular weight is 106 g/mol. The molecule has 0 aromatic heterocycles. The lowest BCUT2D eigenvalue weighted by molar-refractivity contribution is 0.0214. The summed E-state index contributed by atoms with van der Waals surface area (Å²) in [6.45, 7) is 0. The smallest absolute Gasteiger partial charge is 0.227 e. The van der Waals surface area contributed by atoms with Crippen molar-refractivity contribution in [2.75, 3.05) is 0 Å². The maximum Gasteiger partial charge on any atom is 0.227 e. The molecule has 1 N–H and O–H groups in total. The van der Waals surface area contributed by atoms with Crippen LogP contribution < -0.4 is 0 Å². The van der Waals surface area contributed by atoms with Crippen LogP contribution in [0, 0.1) is 0 Å². The Kier molecular flexibility index (Phi) is 0.849. The van der Waals surface area contributed by atoms with Crippen LogP contribution in [0.2, 0.25) is 0 Å². The lowest BCUT2D eigenvalue weighted by Crippen LogP contribution is -1.91. The Morgan fingerprint density at radius 2 is 2.83 bits per heavy atom. The summed E-state index contributed by atoms with van der Waals surface area (Å²) in [6, 6.07) is 0. The molecule has 34 valence electrons. The zero-order valence-electron chi connectivity index (χ0n) is 2.74. The molecule has 5 heteroatoms. The Labute approximate surface area is 38.7 Å². The van der Waals surface area contributed by atoms with E-state index in [1.54, 1.807) is 0 Å². The predicted molar refractivity (Wildman–Crippen MR) is 20.8 cm³/mol. The van der Waals surface area contributed by atoms with Gasteiger partial charge in [0, 0.05) is 0 Å². The number of hydrazone groups is 1. The number of nitrogens with zero attached hydrogens (tertiary/aromatic N) is 2. The maximum absolute atomic E-state index is 8.20. The topological polar surface area (TPSA) is 45.1 Å². The molecule has 0 fully saturated rings. The Bertz CT molecular complexity index is 73.9. The molecule has 0 spiro atoms. The van der Waals surface area contributed by atoms with E-state index in [1.807, 2.05) is 0 Å². The predicted octanol–water partition coefficient (Wildman–Crippen LogP) is 0.214. The van der Waals surface area contributed by atoms with Crippen LogP contribution in [0.4, 0.5) is 0 Å². The molecule has 0 unspecified atom stereocenters. The van der Waals surface area contributed by atoms with E-state index in [1.165, 1.54) is 0 Å². The van der Waals surface area contributed by atoms with Crippen LogP contribution in [-0.2, 0) is 4.18 Å². The van der Waals surface area contributed by atoms with Gasteiger partial charge in [0.1, 0.15) is 0 Å². The fourth-order valence-electron chi connectivity index (χ4n) is 0.137. The molecule has 0 saturated carbocycles. The molecule has 0 atom stereocenters. The van der Waals surface area contributed by atoms with Gasteiger partial charge in [0.2, 0.25) is 18.6 Å². The molecule has 0 amide bonds. The van der Waals surface area contributed by atoms with Crippen molar-refractivity contribution in [3.8, 4) is 0 Å². The Hall–Kier alpha value is -0.420. The highest BCUT2D eigenvalue weighted by Crippen LogP contribution is 2.11. The van der Waals surface area contributed by atoms with Crippen LogP contribution in [-0.4, -0.2) is 16.2 Å². The van der Waals surface area contributed by atoms with Crippen LogP contribution in [0.5, 0.6) is 0 Å². The summed E-state index contributed by atoms with van der Waals surface area (Å²) in [7, 11) is 0. The van der Waals surface area contributed by atoms with Gasteiger partial charge in [0.25, 0.3) is 0 Å². The van der Waals surface area contributed by atoms with Crippen LogP contribution in [0.3, 0.4) is 0 Å². The van der Waals surface area contributed by atoms with Crippen LogP contribution in [0.25, 0.3) is 0 Å². The van der Waals surface area contributed by atoms with Gasteiger partial charge in [-0.25, -0.2) is 0 Å². The SMILES string of the molecule is ON1N=COS1. The van der Waals surface area contributed by atoms with Gasteiger partial charge in [-0.05, 0) is 0 Å². The van der Waals surface area contributed by atoms with Gasteiger partial charge in [-0.3, -0.25) is 5.21 Å². The average Bonchev–Trinajstić information content (AvgIpc) is 1.86. The first kappa shape index (κ1) is 3.76. The van der Waals surface area contributed by atoms with Crippen LogP contribution in [0.15, 0.2) is 5.10 Å². The lowest BCUT2D eigenvalue weighted by atomic mass is 11.5. The standard InChI is InChI=1S/CH2N2O2S/c4-3-2-1-5-6-3/h1,4H. The van der Waals surface area contributed by atoms with Crippen molar-refractivity contribution < 1.29 is 9.39 Å². The van der Waals surface area contributed by atoms with Crippen molar-refractivity contribution in [2.24, 2.45) is 5.10 Å². The molecule has 0 aliphatic carbocycles. The van der Waals surface area contributed by atoms with E-state index in [0.29, 0.717) is 4.58 Å². The molecule has 0 saturated heterocycles. The summed E-state index contributed by atoms with van der Waals surface area (Å²) < 4.78 is 4.98. The Morgan fingerprint density at radius 3 is 3.00 bits per heavy atom. The third-order valence-corrected chi connectivity index (χ3v) is 0.698. The van der Waals surface area contributed by atoms with Gasteiger partial charge < -0.3 is 4.18 Å².